The number of hydrogen-bond donors (Lipinski definition) is 0. The van der Waals surface area contributed by atoms with Crippen molar-refractivity contribution in [2.24, 2.45) is 0 Å². The van der Waals surface area contributed by atoms with E-state index >= 15 is 0 Å². The van der Waals surface area contributed by atoms with E-state index in [0.717, 1.165) is 127 Å². The zero-order chi connectivity index (χ0) is 41.9. The van der Waals surface area contributed by atoms with Crippen LogP contribution in [0.15, 0.2) is 206 Å². The highest BCUT2D eigenvalue weighted by atomic mass is 16.3. The van der Waals surface area contributed by atoms with Gasteiger partial charge >= 0.3 is 0 Å². The Morgan fingerprint density at radius 2 is 0.594 bits per heavy atom. The maximum absolute atomic E-state index is 6.53. The van der Waals surface area contributed by atoms with Crippen LogP contribution in [0.2, 0.25) is 0 Å². The minimum Gasteiger partial charge on any atom is -0.456 e. The molecule has 0 fully saturated rings. The molecular formula is C57H31N3O4. The smallest absolute Gasteiger partial charge is 0.164 e. The first-order valence-corrected chi connectivity index (χ1v) is 21.2. The van der Waals surface area contributed by atoms with Crippen LogP contribution in [-0.2, 0) is 0 Å². The molecule has 0 spiro atoms. The fourth-order valence-corrected chi connectivity index (χ4v) is 9.53. The standard InChI is InChI=1S/C57H31N3O4/c1-2-10-32(11-3-1)55-58-56(39-14-8-18-51-53(39)43-30-35(22-26-49(43)63-51)33-20-24-47-41(28-33)37-12-4-6-16-45(37)61-47)60-57(59-55)40-15-9-19-52-54(40)44-31-36(23-27-50(44)64-52)34-21-25-48-42(29-34)38-13-5-7-17-46(38)62-48/h1-31H. The number of aromatic nitrogens is 3. The van der Waals surface area contributed by atoms with Gasteiger partial charge in [-0.1, -0.05) is 115 Å². The summed E-state index contributed by atoms with van der Waals surface area (Å²) >= 11 is 0. The first-order chi connectivity index (χ1) is 31.7. The third-order valence-electron chi connectivity index (χ3n) is 12.6. The molecule has 7 heteroatoms. The van der Waals surface area contributed by atoms with Gasteiger partial charge in [0.25, 0.3) is 0 Å². The molecule has 0 saturated heterocycles. The van der Waals surface area contributed by atoms with Gasteiger partial charge in [0.1, 0.15) is 44.7 Å². The Morgan fingerprint density at radius 1 is 0.234 bits per heavy atom. The van der Waals surface area contributed by atoms with Crippen LogP contribution in [0.5, 0.6) is 0 Å². The lowest BCUT2D eigenvalue weighted by Crippen LogP contribution is -2.00. The number of fused-ring (bicyclic) bond motifs is 12. The lowest BCUT2D eigenvalue weighted by atomic mass is 9.99. The normalized spacial score (nSPS) is 12.1. The zero-order valence-electron chi connectivity index (χ0n) is 33.9. The van der Waals surface area contributed by atoms with Crippen molar-refractivity contribution in [2.75, 3.05) is 0 Å². The lowest BCUT2D eigenvalue weighted by molar-refractivity contribution is 0.668. The van der Waals surface area contributed by atoms with Crippen molar-refractivity contribution in [3.63, 3.8) is 0 Å². The second kappa shape index (κ2) is 13.3. The molecule has 0 aliphatic rings. The van der Waals surface area contributed by atoms with Crippen molar-refractivity contribution in [3.8, 4) is 56.4 Å². The van der Waals surface area contributed by atoms with Gasteiger partial charge in [0, 0.05) is 59.8 Å². The van der Waals surface area contributed by atoms with Gasteiger partial charge < -0.3 is 17.7 Å². The van der Waals surface area contributed by atoms with Crippen molar-refractivity contribution in [2.45, 2.75) is 0 Å². The fraction of sp³-hybridized carbons (Fsp3) is 0. The summed E-state index contributed by atoms with van der Waals surface area (Å²) in [5.74, 6) is 1.65. The second-order valence-electron chi connectivity index (χ2n) is 16.3. The van der Waals surface area contributed by atoms with Gasteiger partial charge in [-0.25, -0.2) is 15.0 Å². The first kappa shape index (κ1) is 34.9. The van der Waals surface area contributed by atoms with Crippen molar-refractivity contribution in [1.82, 2.24) is 15.0 Å². The van der Waals surface area contributed by atoms with E-state index in [1.807, 2.05) is 91.0 Å². The number of benzene rings is 9. The van der Waals surface area contributed by atoms with Crippen LogP contribution in [-0.4, -0.2) is 15.0 Å². The van der Waals surface area contributed by atoms with Gasteiger partial charge in [-0.15, -0.1) is 0 Å². The third kappa shape index (κ3) is 5.31. The van der Waals surface area contributed by atoms with Gasteiger partial charge in [-0.3, -0.25) is 0 Å². The van der Waals surface area contributed by atoms with Crippen molar-refractivity contribution < 1.29 is 17.7 Å². The Kier molecular flexibility index (Phi) is 7.27. The summed E-state index contributed by atoms with van der Waals surface area (Å²) < 4.78 is 25.4. The van der Waals surface area contributed by atoms with Crippen LogP contribution < -0.4 is 0 Å². The van der Waals surface area contributed by atoms with Gasteiger partial charge in [0.15, 0.2) is 17.5 Å². The molecule has 0 aliphatic heterocycles. The average molecular weight is 822 g/mol. The Morgan fingerprint density at radius 3 is 1.08 bits per heavy atom. The zero-order valence-corrected chi connectivity index (χ0v) is 33.9. The summed E-state index contributed by atoms with van der Waals surface area (Å²) in [7, 11) is 0. The monoisotopic (exact) mass is 821 g/mol. The Labute approximate surface area is 363 Å². The number of rotatable bonds is 5. The molecule has 0 bridgehead atoms. The van der Waals surface area contributed by atoms with E-state index in [0.29, 0.717) is 17.5 Å². The van der Waals surface area contributed by atoms with Gasteiger partial charge in [-0.05, 0) is 95.1 Å². The summed E-state index contributed by atoms with van der Waals surface area (Å²) in [5.41, 5.74) is 13.4. The van der Waals surface area contributed by atoms with E-state index < -0.39 is 0 Å². The SMILES string of the molecule is c1ccc(-c2nc(-c3cccc4oc5ccc(-c6ccc7oc8ccccc8c7c6)cc5c34)nc(-c3cccc4oc5ccc(-c6ccc7oc8ccccc8c7c6)cc5c34)n2)cc1. The van der Waals surface area contributed by atoms with Crippen LogP contribution >= 0.6 is 0 Å². The summed E-state index contributed by atoms with van der Waals surface area (Å²) in [6, 6.07) is 64.0. The minimum atomic E-state index is 0.542. The summed E-state index contributed by atoms with van der Waals surface area (Å²) in [4.78, 5) is 15.7. The van der Waals surface area contributed by atoms with Gasteiger partial charge in [0.05, 0.1) is 0 Å². The molecule has 0 N–H and O–H groups in total. The Hall–Kier alpha value is -8.81. The fourth-order valence-electron chi connectivity index (χ4n) is 9.53. The number of nitrogens with zero attached hydrogens (tertiary/aromatic N) is 3. The van der Waals surface area contributed by atoms with Crippen molar-refractivity contribution in [3.05, 3.63) is 188 Å². The summed E-state index contributed by atoms with van der Waals surface area (Å²) in [5, 5.41) is 8.17. The number of para-hydroxylation sites is 2. The predicted octanol–water partition coefficient (Wildman–Crippen LogP) is 15.8. The van der Waals surface area contributed by atoms with E-state index in [2.05, 4.69) is 97.1 Å². The van der Waals surface area contributed by atoms with Crippen LogP contribution in [0.1, 0.15) is 0 Å². The van der Waals surface area contributed by atoms with Gasteiger partial charge in [-0.2, -0.15) is 0 Å². The first-order valence-electron chi connectivity index (χ1n) is 21.2. The molecule has 14 rings (SSSR count). The quantitative estimate of drug-likeness (QED) is 0.171. The highest BCUT2D eigenvalue weighted by Crippen LogP contribution is 2.42. The highest BCUT2D eigenvalue weighted by Gasteiger charge is 2.22. The molecule has 14 aromatic rings. The predicted molar refractivity (Wildman–Crippen MR) is 256 cm³/mol. The maximum atomic E-state index is 6.53. The summed E-state index contributed by atoms with van der Waals surface area (Å²) in [6.45, 7) is 0. The highest BCUT2D eigenvalue weighted by molar-refractivity contribution is 6.15. The molecule has 5 aromatic heterocycles. The molecule has 9 aromatic carbocycles. The van der Waals surface area contributed by atoms with Crippen LogP contribution in [0.4, 0.5) is 0 Å². The molecule has 0 amide bonds. The topological polar surface area (TPSA) is 91.2 Å². The molecule has 0 radical (unpaired) electrons. The molecule has 7 nitrogen and oxygen atoms in total. The third-order valence-corrected chi connectivity index (χ3v) is 12.6. The molecule has 64 heavy (non-hydrogen) atoms. The molecular weight excluding hydrogens is 791 g/mol. The van der Waals surface area contributed by atoms with Crippen LogP contribution in [0.25, 0.3) is 144 Å². The Bertz CT molecular complexity index is 3960. The van der Waals surface area contributed by atoms with Crippen LogP contribution in [0, 0.1) is 0 Å². The van der Waals surface area contributed by atoms with E-state index in [4.69, 9.17) is 32.6 Å². The molecule has 298 valence electrons. The molecule has 0 atom stereocenters. The minimum absolute atomic E-state index is 0.542. The lowest BCUT2D eigenvalue weighted by Gasteiger charge is -2.10. The molecule has 0 unspecified atom stereocenters. The van der Waals surface area contributed by atoms with Crippen molar-refractivity contribution in [1.29, 1.82) is 0 Å². The molecule has 0 saturated carbocycles. The van der Waals surface area contributed by atoms with Gasteiger partial charge in [0.2, 0.25) is 0 Å². The number of hydrogen-bond acceptors (Lipinski definition) is 7. The van der Waals surface area contributed by atoms with E-state index in [-0.39, 0.29) is 0 Å². The molecule has 5 heterocycles. The van der Waals surface area contributed by atoms with Crippen LogP contribution in [0.3, 0.4) is 0 Å². The largest absolute Gasteiger partial charge is 0.456 e. The Balaban J connectivity index is 0.952. The average Bonchev–Trinajstić information content (AvgIpc) is 4.13. The molecule has 0 aliphatic carbocycles. The maximum Gasteiger partial charge on any atom is 0.164 e. The van der Waals surface area contributed by atoms with E-state index in [9.17, 15) is 0 Å². The number of furan rings is 4. The second-order valence-corrected chi connectivity index (χ2v) is 16.3. The van der Waals surface area contributed by atoms with Crippen molar-refractivity contribution >= 4 is 87.8 Å². The summed E-state index contributed by atoms with van der Waals surface area (Å²) in [6.07, 6.45) is 0. The van der Waals surface area contributed by atoms with E-state index in [1.165, 1.54) is 0 Å². The van der Waals surface area contributed by atoms with E-state index in [1.54, 1.807) is 0 Å².